The molecule has 1 spiro atoms. The molecule has 0 atom stereocenters. The van der Waals surface area contributed by atoms with Crippen LogP contribution in [0, 0.1) is 0 Å². The van der Waals surface area contributed by atoms with Crippen LogP contribution < -0.4 is 4.74 Å². The lowest BCUT2D eigenvalue weighted by molar-refractivity contribution is -0.144. The van der Waals surface area contributed by atoms with E-state index in [1.165, 1.54) is 7.11 Å². The molecular formula is C18H20ClNO5. The van der Waals surface area contributed by atoms with E-state index in [2.05, 4.69) is 4.74 Å². The van der Waals surface area contributed by atoms with Gasteiger partial charge >= 0.3 is 5.97 Å². The summed E-state index contributed by atoms with van der Waals surface area (Å²) in [5, 5.41) is 0.512. The first-order valence-corrected chi connectivity index (χ1v) is 8.67. The van der Waals surface area contributed by atoms with Crippen molar-refractivity contribution in [2.75, 3.05) is 20.2 Å². The molecule has 1 aromatic rings. The summed E-state index contributed by atoms with van der Waals surface area (Å²) in [4.78, 5) is 37.5. The van der Waals surface area contributed by atoms with Crippen LogP contribution in [-0.2, 0) is 14.3 Å². The average molecular weight is 366 g/mol. The van der Waals surface area contributed by atoms with Crippen molar-refractivity contribution in [3.8, 4) is 5.75 Å². The molecule has 134 valence electrons. The van der Waals surface area contributed by atoms with Crippen LogP contribution in [0.15, 0.2) is 18.2 Å². The number of likely N-dealkylation sites (tertiary alicyclic amines) is 1. The number of rotatable bonds is 3. The van der Waals surface area contributed by atoms with Crippen LogP contribution >= 0.6 is 11.6 Å². The van der Waals surface area contributed by atoms with Gasteiger partial charge in [-0.3, -0.25) is 14.4 Å². The normalized spacial score (nSPS) is 18.5. The van der Waals surface area contributed by atoms with Gasteiger partial charge in [-0.2, -0.15) is 0 Å². The third-order valence-electron chi connectivity index (χ3n) is 4.85. The van der Waals surface area contributed by atoms with Gasteiger partial charge in [-0.1, -0.05) is 11.6 Å². The maximum atomic E-state index is 12.5. The van der Waals surface area contributed by atoms with Crippen molar-refractivity contribution in [2.24, 2.45) is 0 Å². The van der Waals surface area contributed by atoms with Crippen LogP contribution in [0.5, 0.6) is 5.75 Å². The maximum Gasteiger partial charge on any atom is 0.306 e. The molecule has 1 amide bonds. The van der Waals surface area contributed by atoms with E-state index in [-0.39, 0.29) is 24.5 Å². The number of hydrogen-bond acceptors (Lipinski definition) is 5. The summed E-state index contributed by atoms with van der Waals surface area (Å²) in [5.74, 6) is 0.119. The van der Waals surface area contributed by atoms with E-state index in [0.717, 1.165) is 0 Å². The van der Waals surface area contributed by atoms with Crippen LogP contribution in [-0.4, -0.2) is 48.4 Å². The fourth-order valence-electron chi connectivity index (χ4n) is 3.38. The molecule has 1 fully saturated rings. The summed E-state index contributed by atoms with van der Waals surface area (Å²) < 4.78 is 10.7. The SMILES string of the molecule is COC(=O)CCC(=O)N1CCC2(CC1)CC(=O)c1cc(Cl)ccc1O2. The number of ketones is 1. The molecule has 0 aromatic heterocycles. The number of benzene rings is 1. The molecule has 2 aliphatic rings. The largest absolute Gasteiger partial charge is 0.486 e. The highest BCUT2D eigenvalue weighted by molar-refractivity contribution is 6.31. The van der Waals surface area contributed by atoms with Crippen molar-refractivity contribution in [3.63, 3.8) is 0 Å². The molecule has 6 nitrogen and oxygen atoms in total. The summed E-state index contributed by atoms with van der Waals surface area (Å²) in [5.41, 5.74) is -0.0356. The maximum absolute atomic E-state index is 12.5. The molecule has 0 N–H and O–H groups in total. The van der Waals surface area contributed by atoms with Gasteiger partial charge in [-0.05, 0) is 18.2 Å². The average Bonchev–Trinajstić information content (AvgIpc) is 2.61. The lowest BCUT2D eigenvalue weighted by Crippen LogP contribution is -2.52. The first kappa shape index (κ1) is 17.7. The van der Waals surface area contributed by atoms with E-state index in [9.17, 15) is 14.4 Å². The zero-order chi connectivity index (χ0) is 18.0. The fourth-order valence-corrected chi connectivity index (χ4v) is 3.55. The van der Waals surface area contributed by atoms with Crippen molar-refractivity contribution >= 4 is 29.3 Å². The number of Topliss-reactive ketones (excluding diaryl/α,β-unsaturated/α-hetero) is 1. The van der Waals surface area contributed by atoms with Gasteiger partial charge in [-0.15, -0.1) is 0 Å². The molecule has 2 aliphatic heterocycles. The number of esters is 1. The van der Waals surface area contributed by atoms with E-state index in [1.807, 2.05) is 0 Å². The third-order valence-corrected chi connectivity index (χ3v) is 5.08. The highest BCUT2D eigenvalue weighted by Crippen LogP contribution is 2.40. The monoisotopic (exact) mass is 365 g/mol. The Kier molecular flexibility index (Phi) is 4.99. The first-order valence-electron chi connectivity index (χ1n) is 8.29. The van der Waals surface area contributed by atoms with Crippen LogP contribution in [0.3, 0.4) is 0 Å². The fraction of sp³-hybridized carbons (Fsp3) is 0.500. The molecule has 7 heteroatoms. The van der Waals surface area contributed by atoms with Gasteiger partial charge in [0.05, 0.1) is 25.5 Å². The van der Waals surface area contributed by atoms with Crippen molar-refractivity contribution in [1.29, 1.82) is 0 Å². The van der Waals surface area contributed by atoms with Crippen LogP contribution in [0.25, 0.3) is 0 Å². The molecular weight excluding hydrogens is 346 g/mol. The Hall–Kier alpha value is -2.08. The summed E-state index contributed by atoms with van der Waals surface area (Å²) in [7, 11) is 1.31. The number of hydrogen-bond donors (Lipinski definition) is 0. The summed E-state index contributed by atoms with van der Waals surface area (Å²) >= 11 is 5.95. The van der Waals surface area contributed by atoms with Gasteiger partial charge in [0.15, 0.2) is 5.78 Å². The minimum atomic E-state index is -0.558. The number of methoxy groups -OCH3 is 1. The standard InChI is InChI=1S/C18H20ClNO5/c1-24-17(23)5-4-16(22)20-8-6-18(7-9-20)11-14(21)13-10-12(19)2-3-15(13)25-18/h2-3,10H,4-9,11H2,1H3. The quantitative estimate of drug-likeness (QED) is 0.770. The summed E-state index contributed by atoms with van der Waals surface area (Å²) in [6, 6.07) is 5.07. The van der Waals surface area contributed by atoms with Crippen molar-refractivity contribution < 1.29 is 23.9 Å². The van der Waals surface area contributed by atoms with Crippen LogP contribution in [0.1, 0.15) is 42.5 Å². The molecule has 0 aliphatic carbocycles. The van der Waals surface area contributed by atoms with Gasteiger partial charge < -0.3 is 14.4 Å². The smallest absolute Gasteiger partial charge is 0.306 e. The van der Waals surface area contributed by atoms with Crippen LogP contribution in [0.2, 0.25) is 5.02 Å². The lowest BCUT2D eigenvalue weighted by Gasteiger charge is -2.44. The molecule has 2 heterocycles. The Morgan fingerprint density at radius 3 is 2.68 bits per heavy atom. The molecule has 0 bridgehead atoms. The molecule has 0 unspecified atom stereocenters. The van der Waals surface area contributed by atoms with E-state index in [1.54, 1.807) is 23.1 Å². The number of carbonyl (C=O) groups excluding carboxylic acids is 3. The van der Waals surface area contributed by atoms with Gasteiger partial charge in [0.2, 0.25) is 5.91 Å². The molecule has 3 rings (SSSR count). The third kappa shape index (κ3) is 3.79. The topological polar surface area (TPSA) is 72.9 Å². The number of carbonyl (C=O) groups is 3. The minimum absolute atomic E-state index is 0.0224. The summed E-state index contributed by atoms with van der Waals surface area (Å²) in [6.07, 6.45) is 1.70. The van der Waals surface area contributed by atoms with Crippen molar-refractivity contribution in [1.82, 2.24) is 4.90 Å². The van der Waals surface area contributed by atoms with Gasteiger partial charge in [-0.25, -0.2) is 0 Å². The number of halogens is 1. The van der Waals surface area contributed by atoms with Crippen molar-refractivity contribution in [2.45, 2.75) is 37.7 Å². The second-order valence-electron chi connectivity index (χ2n) is 6.48. The van der Waals surface area contributed by atoms with Gasteiger partial charge in [0, 0.05) is 37.4 Å². The Labute approximate surface area is 151 Å². The number of nitrogens with zero attached hydrogens (tertiary/aromatic N) is 1. The van der Waals surface area contributed by atoms with Gasteiger partial charge in [0.25, 0.3) is 0 Å². The highest BCUT2D eigenvalue weighted by Gasteiger charge is 2.43. The first-order chi connectivity index (χ1) is 11.9. The predicted molar refractivity (Wildman–Crippen MR) is 90.8 cm³/mol. The number of fused-ring (bicyclic) bond motifs is 1. The molecule has 0 radical (unpaired) electrons. The Balaban J connectivity index is 1.62. The highest BCUT2D eigenvalue weighted by atomic mass is 35.5. The van der Waals surface area contributed by atoms with Crippen molar-refractivity contribution in [3.05, 3.63) is 28.8 Å². The van der Waals surface area contributed by atoms with E-state index >= 15 is 0 Å². The zero-order valence-corrected chi connectivity index (χ0v) is 14.8. The number of ether oxygens (including phenoxy) is 2. The molecule has 25 heavy (non-hydrogen) atoms. The van der Waals surface area contributed by atoms with E-state index in [4.69, 9.17) is 16.3 Å². The Morgan fingerprint density at radius 1 is 1.28 bits per heavy atom. The summed E-state index contributed by atoms with van der Waals surface area (Å²) in [6.45, 7) is 1.02. The van der Waals surface area contributed by atoms with Crippen LogP contribution in [0.4, 0.5) is 0 Å². The second kappa shape index (κ2) is 7.04. The minimum Gasteiger partial charge on any atom is -0.486 e. The van der Waals surface area contributed by atoms with E-state index in [0.29, 0.717) is 48.7 Å². The lowest BCUT2D eigenvalue weighted by atomic mass is 9.82. The second-order valence-corrected chi connectivity index (χ2v) is 6.92. The Morgan fingerprint density at radius 2 is 2.00 bits per heavy atom. The number of amides is 1. The Bertz CT molecular complexity index is 709. The number of piperidine rings is 1. The molecule has 0 saturated carbocycles. The predicted octanol–water partition coefficient (Wildman–Crippen LogP) is 2.62. The zero-order valence-electron chi connectivity index (χ0n) is 14.0. The molecule has 1 aromatic carbocycles. The van der Waals surface area contributed by atoms with Gasteiger partial charge in [0.1, 0.15) is 11.4 Å². The molecule has 1 saturated heterocycles. The van der Waals surface area contributed by atoms with E-state index < -0.39 is 11.6 Å².